The van der Waals surface area contributed by atoms with Crippen molar-refractivity contribution in [1.82, 2.24) is 0 Å². The van der Waals surface area contributed by atoms with Crippen molar-refractivity contribution in [2.24, 2.45) is 5.92 Å². The second-order valence-electron chi connectivity index (χ2n) is 7.16. The molecule has 1 aliphatic carbocycles. The molecule has 2 aliphatic rings. The Morgan fingerprint density at radius 3 is 1.97 bits per heavy atom. The Morgan fingerprint density at radius 2 is 1.55 bits per heavy atom. The van der Waals surface area contributed by atoms with Crippen LogP contribution in [0, 0.1) is 5.92 Å². The summed E-state index contributed by atoms with van der Waals surface area (Å²) in [6.07, 6.45) is -11.9. The zero-order valence-corrected chi connectivity index (χ0v) is 15.8. The third kappa shape index (κ3) is 6.69. The second-order valence-corrected chi connectivity index (χ2v) is 8.61. The fourth-order valence-electron chi connectivity index (χ4n) is 3.11. The van der Waals surface area contributed by atoms with Gasteiger partial charge in [-0.15, -0.1) is 0 Å². The topological polar surface area (TPSA) is 102 Å². The number of ether oxygens (including phenoxy) is 3. The number of esters is 1. The van der Waals surface area contributed by atoms with E-state index in [-0.39, 0.29) is 12.2 Å². The Kier molecular flexibility index (Phi) is 7.12. The van der Waals surface area contributed by atoms with Crippen molar-refractivity contribution in [3.63, 3.8) is 0 Å². The predicted octanol–water partition coefficient (Wildman–Crippen LogP) is 2.65. The van der Waals surface area contributed by atoms with Gasteiger partial charge in [-0.25, -0.2) is 0 Å². The maximum absolute atomic E-state index is 13.1. The highest BCUT2D eigenvalue weighted by Gasteiger charge is 2.75. The van der Waals surface area contributed by atoms with Gasteiger partial charge >= 0.3 is 23.9 Å². The van der Waals surface area contributed by atoms with E-state index in [1.807, 2.05) is 0 Å². The van der Waals surface area contributed by atoms with E-state index in [0.29, 0.717) is 38.9 Å². The fraction of sp³-hybridized carbons (Fsp3) is 0.933. The molecule has 0 aromatic heterocycles. The van der Waals surface area contributed by atoms with Crippen LogP contribution in [-0.4, -0.2) is 68.1 Å². The first-order valence-corrected chi connectivity index (χ1v) is 10.3. The van der Waals surface area contributed by atoms with E-state index >= 15 is 0 Å². The smallest absolute Gasteiger partial charge is 0.438 e. The molecule has 2 fully saturated rings. The Bertz CT molecular complexity index is 664. The monoisotopic (exact) mass is 458 g/mol. The third-order valence-corrected chi connectivity index (χ3v) is 5.53. The number of carbonyl (C=O) groups excluding carboxylic acids is 1. The average Bonchev–Trinajstić information content (AvgIpc) is 3.34. The van der Waals surface area contributed by atoms with Crippen LogP contribution in [0.2, 0.25) is 0 Å². The van der Waals surface area contributed by atoms with Crippen molar-refractivity contribution in [3.05, 3.63) is 0 Å². The normalized spacial score (nSPS) is 26.2. The summed E-state index contributed by atoms with van der Waals surface area (Å²) in [5.74, 6) is -5.26. The molecule has 1 atom stereocenters. The molecule has 1 aliphatic heterocycles. The Labute approximate surface area is 162 Å². The minimum atomic E-state index is -6.31. The summed E-state index contributed by atoms with van der Waals surface area (Å²) in [6.45, 7) is 0.998. The van der Waals surface area contributed by atoms with Crippen LogP contribution in [0.4, 0.5) is 26.3 Å². The summed E-state index contributed by atoms with van der Waals surface area (Å²) in [6, 6.07) is 0. The molecule has 2 rings (SSSR count). The molecule has 0 spiro atoms. The lowest BCUT2D eigenvalue weighted by Crippen LogP contribution is -2.63. The summed E-state index contributed by atoms with van der Waals surface area (Å²) in [5, 5.41) is 0. The Balaban J connectivity index is 2.00. The summed E-state index contributed by atoms with van der Waals surface area (Å²) < 4.78 is 123. The van der Waals surface area contributed by atoms with Crippen molar-refractivity contribution in [2.75, 3.05) is 19.0 Å². The standard InChI is InChI=1S/C15H20F6O7S/c16-14(17,18)13(15(19,20)21,8-29(23,24)25)28-12(22)5-9-1-3-10(4-2-9)26-6-11-7-27-11/h9-11H,1-8H2,(H,23,24,25). The van der Waals surface area contributed by atoms with Gasteiger partial charge in [-0.2, -0.15) is 34.8 Å². The minimum absolute atomic E-state index is 0.0448. The third-order valence-electron chi connectivity index (χ3n) is 4.76. The lowest BCUT2D eigenvalue weighted by atomic mass is 9.85. The van der Waals surface area contributed by atoms with Gasteiger partial charge in [0.05, 0.1) is 19.3 Å². The van der Waals surface area contributed by atoms with Gasteiger partial charge in [-0.3, -0.25) is 9.35 Å². The molecule has 0 bridgehead atoms. The van der Waals surface area contributed by atoms with Gasteiger partial charge in [-0.1, -0.05) is 0 Å². The van der Waals surface area contributed by atoms with Gasteiger partial charge in [-0.05, 0) is 31.6 Å². The first kappa shape index (κ1) is 24.2. The van der Waals surface area contributed by atoms with Crippen molar-refractivity contribution >= 4 is 16.1 Å². The molecule has 170 valence electrons. The first-order valence-electron chi connectivity index (χ1n) is 8.66. The van der Waals surface area contributed by atoms with E-state index in [1.165, 1.54) is 0 Å². The number of rotatable bonds is 8. The predicted molar refractivity (Wildman–Crippen MR) is 83.4 cm³/mol. The number of halogens is 6. The molecule has 14 heteroatoms. The van der Waals surface area contributed by atoms with Gasteiger partial charge in [0.2, 0.25) is 0 Å². The van der Waals surface area contributed by atoms with Gasteiger partial charge in [0.25, 0.3) is 10.1 Å². The van der Waals surface area contributed by atoms with E-state index < -0.39 is 52.1 Å². The molecule has 1 unspecified atom stereocenters. The molecule has 0 radical (unpaired) electrons. The average molecular weight is 458 g/mol. The minimum Gasteiger partial charge on any atom is -0.438 e. The molecule has 0 aromatic carbocycles. The number of hydrogen-bond donors (Lipinski definition) is 1. The SMILES string of the molecule is O=C(CC1CCC(OCC2CO2)CC1)OC(CS(=O)(=O)O)(C(F)(F)F)C(F)(F)F. The molecule has 7 nitrogen and oxygen atoms in total. The summed E-state index contributed by atoms with van der Waals surface area (Å²) >= 11 is 0. The zero-order valence-electron chi connectivity index (χ0n) is 15.0. The van der Waals surface area contributed by atoms with Gasteiger partial charge in [0.1, 0.15) is 11.9 Å². The highest BCUT2D eigenvalue weighted by atomic mass is 32.2. The molecular formula is C15H20F6O7S. The van der Waals surface area contributed by atoms with Crippen LogP contribution < -0.4 is 0 Å². The molecule has 1 saturated carbocycles. The van der Waals surface area contributed by atoms with Crippen LogP contribution in [0.25, 0.3) is 0 Å². The fourth-order valence-corrected chi connectivity index (χ4v) is 4.01. The van der Waals surface area contributed by atoms with E-state index in [2.05, 4.69) is 4.74 Å². The van der Waals surface area contributed by atoms with Crippen molar-refractivity contribution in [3.8, 4) is 0 Å². The Morgan fingerprint density at radius 1 is 1.03 bits per heavy atom. The van der Waals surface area contributed by atoms with E-state index in [4.69, 9.17) is 14.0 Å². The van der Waals surface area contributed by atoms with Crippen LogP contribution >= 0.6 is 0 Å². The van der Waals surface area contributed by atoms with Crippen molar-refractivity contribution in [2.45, 2.75) is 62.3 Å². The molecule has 29 heavy (non-hydrogen) atoms. The highest BCUT2D eigenvalue weighted by Crippen LogP contribution is 2.47. The summed E-state index contributed by atoms with van der Waals surface area (Å²) in [7, 11) is -5.79. The number of carbonyl (C=O) groups is 1. The van der Waals surface area contributed by atoms with Crippen LogP contribution in [0.15, 0.2) is 0 Å². The maximum atomic E-state index is 13.1. The first-order chi connectivity index (χ1) is 13.1. The number of epoxide rings is 1. The van der Waals surface area contributed by atoms with Gasteiger partial charge < -0.3 is 14.2 Å². The lowest BCUT2D eigenvalue weighted by Gasteiger charge is -2.36. The maximum Gasteiger partial charge on any atom is 0.438 e. The van der Waals surface area contributed by atoms with E-state index in [1.54, 1.807) is 0 Å². The Hall–Kier alpha value is -1.12. The van der Waals surface area contributed by atoms with Crippen LogP contribution in [0.3, 0.4) is 0 Å². The molecule has 0 amide bonds. The molecular weight excluding hydrogens is 438 g/mol. The highest BCUT2D eigenvalue weighted by molar-refractivity contribution is 7.85. The summed E-state index contributed by atoms with van der Waals surface area (Å²) in [5.41, 5.74) is -5.35. The van der Waals surface area contributed by atoms with Crippen LogP contribution in [0.5, 0.6) is 0 Å². The largest absolute Gasteiger partial charge is 0.438 e. The van der Waals surface area contributed by atoms with E-state index in [9.17, 15) is 39.6 Å². The molecule has 1 saturated heterocycles. The van der Waals surface area contributed by atoms with Crippen LogP contribution in [0.1, 0.15) is 32.1 Å². The molecule has 0 aromatic rings. The molecule has 1 N–H and O–H groups in total. The lowest BCUT2D eigenvalue weighted by molar-refractivity contribution is -0.361. The van der Waals surface area contributed by atoms with Gasteiger partial charge in [0, 0.05) is 6.42 Å². The number of hydrogen-bond acceptors (Lipinski definition) is 6. The zero-order chi connectivity index (χ0) is 22.1. The van der Waals surface area contributed by atoms with Crippen LogP contribution in [-0.2, 0) is 29.1 Å². The molecule has 1 heterocycles. The van der Waals surface area contributed by atoms with Crippen molar-refractivity contribution in [1.29, 1.82) is 0 Å². The summed E-state index contributed by atoms with van der Waals surface area (Å²) in [4.78, 5) is 11.9. The van der Waals surface area contributed by atoms with Gasteiger partial charge in [0.15, 0.2) is 0 Å². The quantitative estimate of drug-likeness (QED) is 0.258. The second kappa shape index (κ2) is 8.55. The van der Waals surface area contributed by atoms with Crippen molar-refractivity contribution < 1.29 is 58.3 Å². The number of alkyl halides is 6. The van der Waals surface area contributed by atoms with E-state index in [0.717, 1.165) is 0 Å².